The Labute approximate surface area is 176 Å². The lowest BCUT2D eigenvalue weighted by atomic mass is 10.1. The highest BCUT2D eigenvalue weighted by Gasteiger charge is 2.35. The first kappa shape index (κ1) is 22.4. The van der Waals surface area contributed by atoms with Crippen molar-refractivity contribution in [2.24, 2.45) is 0 Å². The number of morpholine rings is 1. The standard InChI is InChI=1S/C19H18ClF3N2O4S/c1-12-2-4-14(11-15(12)18(26)25-6-8-29-9-7-25)30(27,28)24-17-5-3-13(20)10-16(17)19(21,22)23/h2-5,10-11,24H,6-9H2,1H3. The van der Waals surface area contributed by atoms with Gasteiger partial charge in [-0.15, -0.1) is 0 Å². The molecule has 30 heavy (non-hydrogen) atoms. The lowest BCUT2D eigenvalue weighted by Gasteiger charge is -2.27. The van der Waals surface area contributed by atoms with E-state index in [1.54, 1.807) is 6.92 Å². The van der Waals surface area contributed by atoms with E-state index in [0.29, 0.717) is 37.9 Å². The number of halogens is 4. The zero-order valence-corrected chi connectivity index (χ0v) is 17.4. The monoisotopic (exact) mass is 462 g/mol. The number of hydrogen-bond donors (Lipinski definition) is 1. The first-order valence-electron chi connectivity index (χ1n) is 8.86. The zero-order chi connectivity index (χ0) is 22.1. The molecule has 0 spiro atoms. The van der Waals surface area contributed by atoms with Gasteiger partial charge in [0.05, 0.1) is 29.4 Å². The normalized spacial score (nSPS) is 15.2. The number of ether oxygens (including phenoxy) is 1. The molecule has 0 aliphatic carbocycles. The number of nitrogens with zero attached hydrogens (tertiary/aromatic N) is 1. The van der Waals surface area contributed by atoms with Gasteiger partial charge in [0.15, 0.2) is 0 Å². The van der Waals surface area contributed by atoms with Crippen LogP contribution in [-0.2, 0) is 20.9 Å². The van der Waals surface area contributed by atoms with Gasteiger partial charge < -0.3 is 9.64 Å². The number of nitrogens with one attached hydrogen (secondary N) is 1. The number of alkyl halides is 3. The van der Waals surface area contributed by atoms with Crippen LogP contribution < -0.4 is 4.72 Å². The van der Waals surface area contributed by atoms with Crippen molar-refractivity contribution in [1.29, 1.82) is 0 Å². The Morgan fingerprint density at radius 2 is 1.80 bits per heavy atom. The van der Waals surface area contributed by atoms with Gasteiger partial charge in [0.1, 0.15) is 0 Å². The highest BCUT2D eigenvalue weighted by atomic mass is 35.5. The summed E-state index contributed by atoms with van der Waals surface area (Å²) in [5.41, 5.74) is -1.16. The van der Waals surface area contributed by atoms with E-state index in [9.17, 15) is 26.4 Å². The van der Waals surface area contributed by atoms with Crippen LogP contribution in [0.2, 0.25) is 5.02 Å². The van der Waals surface area contributed by atoms with Crippen molar-refractivity contribution in [3.05, 3.63) is 58.1 Å². The number of sulfonamides is 1. The average molecular weight is 463 g/mol. The van der Waals surface area contributed by atoms with E-state index < -0.39 is 27.5 Å². The Kier molecular flexibility index (Phi) is 6.30. The number of carbonyl (C=O) groups excluding carboxylic acids is 1. The summed E-state index contributed by atoms with van der Waals surface area (Å²) in [7, 11) is -4.40. The number of amides is 1. The summed E-state index contributed by atoms with van der Waals surface area (Å²) >= 11 is 5.63. The van der Waals surface area contributed by atoms with Crippen molar-refractivity contribution in [3.63, 3.8) is 0 Å². The maximum absolute atomic E-state index is 13.3. The highest BCUT2D eigenvalue weighted by molar-refractivity contribution is 7.92. The van der Waals surface area contributed by atoms with Crippen LogP contribution >= 0.6 is 11.6 Å². The van der Waals surface area contributed by atoms with Crippen molar-refractivity contribution < 1.29 is 31.1 Å². The van der Waals surface area contributed by atoms with Crippen LogP contribution in [0.3, 0.4) is 0 Å². The Balaban J connectivity index is 1.95. The molecule has 0 saturated carbocycles. The summed E-state index contributed by atoms with van der Waals surface area (Å²) in [6.07, 6.45) is -4.81. The summed E-state index contributed by atoms with van der Waals surface area (Å²) in [5, 5.41) is -0.181. The lowest BCUT2D eigenvalue weighted by molar-refractivity contribution is -0.136. The quantitative estimate of drug-likeness (QED) is 0.746. The summed E-state index contributed by atoms with van der Waals surface area (Å²) < 4.78 is 72.5. The van der Waals surface area contributed by atoms with E-state index in [4.69, 9.17) is 16.3 Å². The van der Waals surface area contributed by atoms with Gasteiger partial charge in [-0.05, 0) is 42.8 Å². The molecule has 1 aliphatic rings. The van der Waals surface area contributed by atoms with E-state index in [-0.39, 0.29) is 21.4 Å². The third-order valence-corrected chi connectivity index (χ3v) is 6.18. The van der Waals surface area contributed by atoms with Crippen LogP contribution in [0.15, 0.2) is 41.3 Å². The van der Waals surface area contributed by atoms with Crippen molar-refractivity contribution in [3.8, 4) is 0 Å². The van der Waals surface area contributed by atoms with Gasteiger partial charge in [-0.1, -0.05) is 17.7 Å². The molecule has 0 radical (unpaired) electrons. The number of benzene rings is 2. The molecule has 1 amide bonds. The molecule has 0 atom stereocenters. The third kappa shape index (κ3) is 4.88. The summed E-state index contributed by atoms with van der Waals surface area (Å²) in [6.45, 7) is 3.14. The van der Waals surface area contributed by atoms with E-state index in [2.05, 4.69) is 0 Å². The molecule has 1 heterocycles. The van der Waals surface area contributed by atoms with Gasteiger partial charge >= 0.3 is 6.18 Å². The first-order valence-corrected chi connectivity index (χ1v) is 10.7. The molecule has 162 valence electrons. The van der Waals surface area contributed by atoms with E-state index in [1.807, 2.05) is 4.72 Å². The molecule has 1 aliphatic heterocycles. The van der Waals surface area contributed by atoms with Crippen molar-refractivity contribution in [2.75, 3.05) is 31.0 Å². The molecule has 1 fully saturated rings. The number of rotatable bonds is 4. The van der Waals surface area contributed by atoms with E-state index in [0.717, 1.165) is 12.1 Å². The number of aryl methyl sites for hydroxylation is 1. The summed E-state index contributed by atoms with van der Waals surface area (Å²) in [6, 6.07) is 6.57. The predicted molar refractivity (Wildman–Crippen MR) is 105 cm³/mol. The Morgan fingerprint density at radius 1 is 1.13 bits per heavy atom. The van der Waals surface area contributed by atoms with Crippen LogP contribution in [0.1, 0.15) is 21.5 Å². The molecule has 11 heteroatoms. The molecule has 0 bridgehead atoms. The van der Waals surface area contributed by atoms with Crippen LogP contribution in [0.5, 0.6) is 0 Å². The van der Waals surface area contributed by atoms with Crippen LogP contribution in [-0.4, -0.2) is 45.5 Å². The Morgan fingerprint density at radius 3 is 2.43 bits per heavy atom. The third-order valence-electron chi connectivity index (χ3n) is 4.58. The zero-order valence-electron chi connectivity index (χ0n) is 15.8. The van der Waals surface area contributed by atoms with E-state index >= 15 is 0 Å². The Bertz CT molecular complexity index is 1070. The molecule has 6 nitrogen and oxygen atoms in total. The fourth-order valence-electron chi connectivity index (χ4n) is 2.98. The molecular formula is C19H18ClF3N2O4S. The van der Waals surface area contributed by atoms with Crippen molar-refractivity contribution in [1.82, 2.24) is 4.90 Å². The Hall–Kier alpha value is -2.30. The largest absolute Gasteiger partial charge is 0.418 e. The molecule has 2 aromatic carbocycles. The topological polar surface area (TPSA) is 75.7 Å². The summed E-state index contributed by atoms with van der Waals surface area (Å²) in [5.74, 6) is -0.365. The van der Waals surface area contributed by atoms with Gasteiger partial charge in [-0.25, -0.2) is 8.42 Å². The predicted octanol–water partition coefficient (Wildman–Crippen LogP) is 3.94. The van der Waals surface area contributed by atoms with Crippen LogP contribution in [0.25, 0.3) is 0 Å². The van der Waals surface area contributed by atoms with Gasteiger partial charge in [0, 0.05) is 23.7 Å². The highest BCUT2D eigenvalue weighted by Crippen LogP contribution is 2.37. The first-order chi connectivity index (χ1) is 14.0. The maximum atomic E-state index is 13.3. The van der Waals surface area contributed by atoms with Crippen LogP contribution in [0, 0.1) is 6.92 Å². The second-order valence-electron chi connectivity index (χ2n) is 6.67. The minimum atomic E-state index is -4.81. The SMILES string of the molecule is Cc1ccc(S(=O)(=O)Nc2ccc(Cl)cc2C(F)(F)F)cc1C(=O)N1CCOCC1. The number of anilines is 1. The molecule has 0 aromatic heterocycles. The van der Waals surface area contributed by atoms with Gasteiger partial charge in [0.25, 0.3) is 15.9 Å². The molecule has 0 unspecified atom stereocenters. The van der Waals surface area contributed by atoms with Crippen molar-refractivity contribution in [2.45, 2.75) is 18.0 Å². The van der Waals surface area contributed by atoms with Crippen LogP contribution in [0.4, 0.5) is 18.9 Å². The number of carbonyl (C=O) groups is 1. The molecular weight excluding hydrogens is 445 g/mol. The fraction of sp³-hybridized carbons (Fsp3) is 0.316. The average Bonchev–Trinajstić information content (AvgIpc) is 2.69. The molecule has 1 N–H and O–H groups in total. The van der Waals surface area contributed by atoms with E-state index in [1.165, 1.54) is 23.1 Å². The maximum Gasteiger partial charge on any atom is 0.418 e. The van der Waals surface area contributed by atoms with Gasteiger partial charge in [-0.2, -0.15) is 13.2 Å². The second kappa shape index (κ2) is 8.44. The fourth-order valence-corrected chi connectivity index (χ4v) is 4.26. The van der Waals surface area contributed by atoms with Crippen molar-refractivity contribution >= 4 is 33.2 Å². The smallest absolute Gasteiger partial charge is 0.378 e. The molecule has 3 rings (SSSR count). The molecule has 1 saturated heterocycles. The van der Waals surface area contributed by atoms with Gasteiger partial charge in [0.2, 0.25) is 0 Å². The lowest BCUT2D eigenvalue weighted by Crippen LogP contribution is -2.41. The number of hydrogen-bond acceptors (Lipinski definition) is 4. The van der Waals surface area contributed by atoms with Gasteiger partial charge in [-0.3, -0.25) is 9.52 Å². The molecule has 2 aromatic rings. The minimum Gasteiger partial charge on any atom is -0.378 e. The minimum absolute atomic E-state index is 0.159. The second-order valence-corrected chi connectivity index (χ2v) is 8.79. The summed E-state index contributed by atoms with van der Waals surface area (Å²) in [4.78, 5) is 14.0.